The highest BCUT2D eigenvalue weighted by Gasteiger charge is 2.04. The molecule has 2 heterocycles. The predicted molar refractivity (Wildman–Crippen MR) is 64.8 cm³/mol. The van der Waals surface area contributed by atoms with Crippen molar-refractivity contribution in [1.82, 2.24) is 4.98 Å². The van der Waals surface area contributed by atoms with E-state index in [1.165, 1.54) is 14.8 Å². The molecule has 0 fully saturated rings. The van der Waals surface area contributed by atoms with Crippen LogP contribution in [0.15, 0.2) is 41.0 Å². The highest BCUT2D eigenvalue weighted by Crippen LogP contribution is 2.32. The molecule has 0 atom stereocenters. The first kappa shape index (κ1) is 8.38. The van der Waals surface area contributed by atoms with Crippen LogP contribution in [0.25, 0.3) is 20.3 Å². The van der Waals surface area contributed by atoms with Crippen LogP contribution >= 0.6 is 27.3 Å². The van der Waals surface area contributed by atoms with Crippen LogP contribution in [0.3, 0.4) is 0 Å². The number of benzene rings is 1. The summed E-state index contributed by atoms with van der Waals surface area (Å²) in [6.45, 7) is 0. The lowest BCUT2D eigenvalue weighted by Gasteiger charge is -1.90. The van der Waals surface area contributed by atoms with Crippen LogP contribution in [-0.4, -0.2) is 4.98 Å². The molecule has 0 bridgehead atoms. The average molecular weight is 264 g/mol. The van der Waals surface area contributed by atoms with E-state index in [4.69, 9.17) is 0 Å². The van der Waals surface area contributed by atoms with Crippen LogP contribution < -0.4 is 0 Å². The molecule has 0 unspecified atom stereocenters. The van der Waals surface area contributed by atoms with Crippen LogP contribution in [0.2, 0.25) is 0 Å². The zero-order valence-corrected chi connectivity index (χ0v) is 9.60. The number of halogens is 1. The molecule has 3 aromatic rings. The van der Waals surface area contributed by atoms with Crippen molar-refractivity contribution in [1.29, 1.82) is 0 Å². The van der Waals surface area contributed by atoms with Crippen LogP contribution in [-0.2, 0) is 0 Å². The molecular formula is C11H6BrNS. The van der Waals surface area contributed by atoms with Gasteiger partial charge in [-0.05, 0) is 34.1 Å². The van der Waals surface area contributed by atoms with E-state index < -0.39 is 0 Å². The van der Waals surface area contributed by atoms with Gasteiger partial charge in [0.15, 0.2) is 0 Å². The second-order valence-electron chi connectivity index (χ2n) is 3.08. The molecule has 2 aromatic heterocycles. The summed E-state index contributed by atoms with van der Waals surface area (Å²) in [6, 6.07) is 12.5. The first-order valence-corrected chi connectivity index (χ1v) is 5.89. The molecule has 0 aliphatic carbocycles. The lowest BCUT2D eigenvalue weighted by molar-refractivity contribution is 1.37. The molecule has 0 N–H and O–H groups in total. The molecule has 68 valence electrons. The number of nitrogens with zero attached hydrogens (tertiary/aromatic N) is 1. The zero-order chi connectivity index (χ0) is 9.54. The van der Waals surface area contributed by atoms with Crippen LogP contribution in [0.1, 0.15) is 0 Å². The Hall–Kier alpha value is -0.930. The van der Waals surface area contributed by atoms with Gasteiger partial charge in [0.1, 0.15) is 4.60 Å². The quantitative estimate of drug-likeness (QED) is 0.554. The summed E-state index contributed by atoms with van der Waals surface area (Å²) in [7, 11) is 0. The topological polar surface area (TPSA) is 12.9 Å². The third kappa shape index (κ3) is 1.16. The first-order valence-electron chi connectivity index (χ1n) is 4.28. The Kier molecular flexibility index (Phi) is 1.82. The Morgan fingerprint density at radius 2 is 1.86 bits per heavy atom. The first-order chi connectivity index (χ1) is 6.84. The highest BCUT2D eigenvalue weighted by molar-refractivity contribution is 9.10. The van der Waals surface area contributed by atoms with Crippen molar-refractivity contribution in [2.24, 2.45) is 0 Å². The van der Waals surface area contributed by atoms with Crippen molar-refractivity contribution in [2.75, 3.05) is 0 Å². The second kappa shape index (κ2) is 3.04. The number of aromatic nitrogens is 1. The molecule has 0 saturated heterocycles. The molecule has 0 radical (unpaired) electrons. The number of hydrogen-bond donors (Lipinski definition) is 0. The molecule has 0 amide bonds. The molecule has 0 aliphatic rings. The van der Waals surface area contributed by atoms with Gasteiger partial charge in [-0.1, -0.05) is 18.2 Å². The maximum absolute atomic E-state index is 4.49. The molecule has 0 spiro atoms. The number of pyridine rings is 1. The van der Waals surface area contributed by atoms with E-state index in [-0.39, 0.29) is 0 Å². The van der Waals surface area contributed by atoms with E-state index in [2.05, 4.69) is 51.2 Å². The summed E-state index contributed by atoms with van der Waals surface area (Å²) in [5.41, 5.74) is 1.10. The molecule has 3 heteroatoms. The SMILES string of the molecule is Brc1ccc2sc3ccccc3c2n1. The maximum Gasteiger partial charge on any atom is 0.106 e. The fraction of sp³-hybridized carbons (Fsp3) is 0. The van der Waals surface area contributed by atoms with Gasteiger partial charge >= 0.3 is 0 Å². The van der Waals surface area contributed by atoms with E-state index in [1.54, 1.807) is 11.3 Å². The van der Waals surface area contributed by atoms with Gasteiger partial charge in [-0.3, -0.25) is 0 Å². The van der Waals surface area contributed by atoms with Gasteiger partial charge in [-0.25, -0.2) is 4.98 Å². The predicted octanol–water partition coefficient (Wildman–Crippen LogP) is 4.21. The van der Waals surface area contributed by atoms with Gasteiger partial charge in [0.25, 0.3) is 0 Å². The average Bonchev–Trinajstić information content (AvgIpc) is 2.56. The van der Waals surface area contributed by atoms with E-state index in [0.29, 0.717) is 0 Å². The molecule has 1 aromatic carbocycles. The van der Waals surface area contributed by atoms with Gasteiger partial charge in [0.05, 0.1) is 10.2 Å². The summed E-state index contributed by atoms with van der Waals surface area (Å²) in [5, 5.41) is 1.24. The lowest BCUT2D eigenvalue weighted by atomic mass is 10.2. The number of rotatable bonds is 0. The van der Waals surface area contributed by atoms with Crippen LogP contribution in [0, 0.1) is 0 Å². The summed E-state index contributed by atoms with van der Waals surface area (Å²) < 4.78 is 3.44. The van der Waals surface area contributed by atoms with Crippen molar-refractivity contribution in [3.63, 3.8) is 0 Å². The third-order valence-corrected chi connectivity index (χ3v) is 3.75. The minimum Gasteiger partial charge on any atom is -0.239 e. The Morgan fingerprint density at radius 1 is 1.00 bits per heavy atom. The van der Waals surface area contributed by atoms with E-state index in [0.717, 1.165) is 10.1 Å². The standard InChI is InChI=1S/C11H6BrNS/c12-10-6-5-9-11(13-10)7-3-1-2-4-8(7)14-9/h1-6H. The number of thiophene rings is 1. The second-order valence-corrected chi connectivity index (χ2v) is 4.98. The molecule has 0 aliphatic heterocycles. The Bertz CT molecular complexity index is 615. The van der Waals surface area contributed by atoms with Gasteiger partial charge in [0.2, 0.25) is 0 Å². The van der Waals surface area contributed by atoms with Gasteiger partial charge in [-0.15, -0.1) is 11.3 Å². The fourth-order valence-corrected chi connectivity index (χ4v) is 2.92. The van der Waals surface area contributed by atoms with E-state index >= 15 is 0 Å². The van der Waals surface area contributed by atoms with Gasteiger partial charge < -0.3 is 0 Å². The van der Waals surface area contributed by atoms with E-state index in [9.17, 15) is 0 Å². The van der Waals surface area contributed by atoms with E-state index in [1.807, 2.05) is 6.07 Å². The van der Waals surface area contributed by atoms with Gasteiger partial charge in [-0.2, -0.15) is 0 Å². The Morgan fingerprint density at radius 3 is 2.79 bits per heavy atom. The Balaban J connectivity index is 2.58. The van der Waals surface area contributed by atoms with Crippen molar-refractivity contribution in [2.45, 2.75) is 0 Å². The van der Waals surface area contributed by atoms with Crippen molar-refractivity contribution in [3.05, 3.63) is 41.0 Å². The van der Waals surface area contributed by atoms with Crippen LogP contribution in [0.4, 0.5) is 0 Å². The molecular weight excluding hydrogens is 258 g/mol. The monoisotopic (exact) mass is 263 g/mol. The van der Waals surface area contributed by atoms with Gasteiger partial charge in [0, 0.05) is 10.1 Å². The molecule has 0 saturated carbocycles. The largest absolute Gasteiger partial charge is 0.239 e. The Labute approximate surface area is 93.5 Å². The smallest absolute Gasteiger partial charge is 0.106 e. The lowest BCUT2D eigenvalue weighted by Crippen LogP contribution is -1.74. The third-order valence-electron chi connectivity index (χ3n) is 2.19. The summed E-state index contributed by atoms with van der Waals surface area (Å²) in [4.78, 5) is 4.49. The molecule has 14 heavy (non-hydrogen) atoms. The summed E-state index contributed by atoms with van der Waals surface area (Å²) in [5.74, 6) is 0. The highest BCUT2D eigenvalue weighted by atomic mass is 79.9. The molecule has 3 rings (SSSR count). The number of fused-ring (bicyclic) bond motifs is 3. The van der Waals surface area contributed by atoms with Crippen molar-refractivity contribution in [3.8, 4) is 0 Å². The summed E-state index contributed by atoms with van der Waals surface area (Å²) >= 11 is 5.18. The van der Waals surface area contributed by atoms with Crippen molar-refractivity contribution >= 4 is 47.6 Å². The minimum absolute atomic E-state index is 0.897. The summed E-state index contributed by atoms with van der Waals surface area (Å²) in [6.07, 6.45) is 0. The normalized spacial score (nSPS) is 11.2. The zero-order valence-electron chi connectivity index (χ0n) is 7.20. The van der Waals surface area contributed by atoms with Crippen molar-refractivity contribution < 1.29 is 0 Å². The van der Waals surface area contributed by atoms with Crippen LogP contribution in [0.5, 0.6) is 0 Å². The fourth-order valence-electron chi connectivity index (χ4n) is 1.57. The molecule has 1 nitrogen and oxygen atoms in total. The maximum atomic E-state index is 4.49. The minimum atomic E-state index is 0.897. The number of hydrogen-bond acceptors (Lipinski definition) is 2.